The normalized spacial score (nSPS) is 18.2. The molecule has 1 unspecified atom stereocenters. The van der Waals surface area contributed by atoms with Crippen LogP contribution in [0.1, 0.15) is 30.6 Å². The van der Waals surface area contributed by atoms with Gasteiger partial charge in [-0.05, 0) is 36.6 Å². The molecule has 0 spiro atoms. The van der Waals surface area contributed by atoms with Crippen LogP contribution in [0.3, 0.4) is 0 Å². The molecule has 0 aliphatic carbocycles. The summed E-state index contributed by atoms with van der Waals surface area (Å²) >= 11 is 7.30. The molecule has 0 bridgehead atoms. The lowest BCUT2D eigenvalue weighted by Gasteiger charge is -2.25. The van der Waals surface area contributed by atoms with Crippen molar-refractivity contribution in [2.24, 2.45) is 5.92 Å². The lowest BCUT2D eigenvalue weighted by Crippen LogP contribution is -2.52. The molecule has 8 heteroatoms. The first-order chi connectivity index (χ1) is 11.8. The zero-order valence-corrected chi connectivity index (χ0v) is 15.6. The van der Waals surface area contributed by atoms with E-state index in [1.54, 1.807) is 24.3 Å². The number of benzene rings is 1. The molecule has 1 aromatic carbocycles. The fourth-order valence-corrected chi connectivity index (χ4v) is 3.86. The zero-order valence-electron chi connectivity index (χ0n) is 14.1. The second-order valence-corrected chi connectivity index (χ2v) is 7.76. The maximum Gasteiger partial charge on any atom is 0.326 e. The molecular weight excluding hydrogens is 364 g/mol. The second-order valence-electron chi connectivity index (χ2n) is 6.33. The van der Waals surface area contributed by atoms with E-state index in [1.165, 1.54) is 16.7 Å². The van der Waals surface area contributed by atoms with Gasteiger partial charge in [0.15, 0.2) is 0 Å². The Morgan fingerprint density at radius 3 is 2.52 bits per heavy atom. The fraction of sp³-hybridized carbons (Fsp3) is 0.471. The summed E-state index contributed by atoms with van der Waals surface area (Å²) in [7, 11) is 0. The molecule has 0 radical (unpaired) electrons. The minimum Gasteiger partial charge on any atom is -0.480 e. The van der Waals surface area contributed by atoms with Crippen molar-refractivity contribution in [1.82, 2.24) is 10.2 Å². The van der Waals surface area contributed by atoms with Crippen molar-refractivity contribution in [3.63, 3.8) is 0 Å². The van der Waals surface area contributed by atoms with Gasteiger partial charge in [-0.1, -0.05) is 25.4 Å². The molecule has 1 aliphatic rings. The first-order valence-corrected chi connectivity index (χ1v) is 9.50. The monoisotopic (exact) mass is 384 g/mol. The fourth-order valence-electron chi connectivity index (χ4n) is 2.58. The maximum atomic E-state index is 12.6. The summed E-state index contributed by atoms with van der Waals surface area (Å²) in [5.74, 6) is -0.798. The quantitative estimate of drug-likeness (QED) is 0.786. The summed E-state index contributed by atoms with van der Waals surface area (Å²) in [5, 5.41) is 12.4. The van der Waals surface area contributed by atoms with Crippen LogP contribution < -0.4 is 5.32 Å². The summed E-state index contributed by atoms with van der Waals surface area (Å²) in [6.07, 6.45) is 0.339. The van der Waals surface area contributed by atoms with Gasteiger partial charge in [0.1, 0.15) is 12.1 Å². The Hall–Kier alpha value is -1.73. The van der Waals surface area contributed by atoms with Gasteiger partial charge in [-0.2, -0.15) is 0 Å². The number of hydrogen-bond acceptors (Lipinski definition) is 4. The van der Waals surface area contributed by atoms with Crippen LogP contribution in [-0.2, 0) is 9.59 Å². The number of hydrogen-bond donors (Lipinski definition) is 2. The van der Waals surface area contributed by atoms with E-state index in [2.05, 4.69) is 5.32 Å². The summed E-state index contributed by atoms with van der Waals surface area (Å²) in [4.78, 5) is 38.0. The van der Waals surface area contributed by atoms with Gasteiger partial charge in [-0.3, -0.25) is 9.59 Å². The minimum absolute atomic E-state index is 0.131. The highest BCUT2D eigenvalue weighted by atomic mass is 35.5. The number of nitrogens with one attached hydrogen (secondary N) is 1. The van der Waals surface area contributed by atoms with E-state index in [0.29, 0.717) is 28.6 Å². The smallest absolute Gasteiger partial charge is 0.326 e. The molecule has 1 heterocycles. The van der Waals surface area contributed by atoms with Gasteiger partial charge in [0.2, 0.25) is 5.91 Å². The van der Waals surface area contributed by atoms with E-state index in [1.807, 2.05) is 13.8 Å². The van der Waals surface area contributed by atoms with Crippen molar-refractivity contribution in [3.8, 4) is 0 Å². The van der Waals surface area contributed by atoms with Crippen molar-refractivity contribution in [2.75, 3.05) is 11.6 Å². The molecule has 1 fully saturated rings. The molecular formula is C17H21ClN2O4S. The molecule has 1 saturated heterocycles. The van der Waals surface area contributed by atoms with Gasteiger partial charge in [-0.25, -0.2) is 4.79 Å². The molecule has 136 valence electrons. The average molecular weight is 385 g/mol. The van der Waals surface area contributed by atoms with Crippen LogP contribution >= 0.6 is 23.4 Å². The predicted octanol–water partition coefficient (Wildman–Crippen LogP) is 2.47. The number of amides is 2. The number of carboxylic acids is 1. The molecule has 0 aromatic heterocycles. The summed E-state index contributed by atoms with van der Waals surface area (Å²) in [6, 6.07) is 4.84. The SMILES string of the molecule is CC(C)C[C@@H](NC(=O)C1CSCN1C(=O)c1ccc(Cl)cc1)C(=O)O. The number of rotatable bonds is 6. The number of carboxylic acid groups (broad SMARTS) is 1. The Labute approximate surface area is 155 Å². The minimum atomic E-state index is -1.07. The summed E-state index contributed by atoms with van der Waals surface area (Å²) < 4.78 is 0. The molecule has 2 amide bonds. The molecule has 1 aliphatic heterocycles. The van der Waals surface area contributed by atoms with Crippen molar-refractivity contribution >= 4 is 41.1 Å². The molecule has 1 aromatic rings. The van der Waals surface area contributed by atoms with E-state index in [-0.39, 0.29) is 11.8 Å². The zero-order chi connectivity index (χ0) is 18.6. The van der Waals surface area contributed by atoms with Crippen LogP contribution in [0.2, 0.25) is 5.02 Å². The highest BCUT2D eigenvalue weighted by Crippen LogP contribution is 2.24. The van der Waals surface area contributed by atoms with Crippen molar-refractivity contribution < 1.29 is 19.5 Å². The number of carbonyl (C=O) groups excluding carboxylic acids is 2. The van der Waals surface area contributed by atoms with Crippen LogP contribution in [0.4, 0.5) is 0 Å². The van der Waals surface area contributed by atoms with Gasteiger partial charge < -0.3 is 15.3 Å². The predicted molar refractivity (Wildman–Crippen MR) is 97.8 cm³/mol. The van der Waals surface area contributed by atoms with Gasteiger partial charge >= 0.3 is 5.97 Å². The van der Waals surface area contributed by atoms with E-state index < -0.39 is 24.0 Å². The largest absolute Gasteiger partial charge is 0.480 e. The highest BCUT2D eigenvalue weighted by molar-refractivity contribution is 7.99. The van der Waals surface area contributed by atoms with Crippen LogP contribution in [0.15, 0.2) is 24.3 Å². The van der Waals surface area contributed by atoms with Gasteiger partial charge in [0.25, 0.3) is 5.91 Å². The second kappa shape index (κ2) is 8.58. The Kier molecular flexibility index (Phi) is 6.72. The number of thioether (sulfide) groups is 1. The van der Waals surface area contributed by atoms with Crippen molar-refractivity contribution in [1.29, 1.82) is 0 Å². The molecule has 0 saturated carbocycles. The topological polar surface area (TPSA) is 86.7 Å². The van der Waals surface area contributed by atoms with Gasteiger partial charge in [-0.15, -0.1) is 11.8 Å². The van der Waals surface area contributed by atoms with Crippen LogP contribution in [0.25, 0.3) is 0 Å². The number of carbonyl (C=O) groups is 3. The van der Waals surface area contributed by atoms with E-state index >= 15 is 0 Å². The van der Waals surface area contributed by atoms with Crippen molar-refractivity contribution in [3.05, 3.63) is 34.9 Å². The van der Waals surface area contributed by atoms with Gasteiger partial charge in [0.05, 0.1) is 5.88 Å². The Bertz CT molecular complexity index is 651. The standard InChI is InChI=1S/C17H21ClN2O4S/c1-10(2)7-13(17(23)24)19-15(21)14-8-25-9-20(14)16(22)11-3-5-12(18)6-4-11/h3-6,10,13-14H,7-9H2,1-2H3,(H,19,21)(H,23,24)/t13-,14?/m1/s1. The molecule has 2 rings (SSSR count). The molecule has 2 atom stereocenters. The summed E-state index contributed by atoms with van der Waals surface area (Å²) in [6.45, 7) is 3.79. The Balaban J connectivity index is 2.09. The first-order valence-electron chi connectivity index (χ1n) is 7.97. The molecule has 6 nitrogen and oxygen atoms in total. The third-order valence-corrected chi connectivity index (χ3v) is 5.12. The highest BCUT2D eigenvalue weighted by Gasteiger charge is 2.36. The van der Waals surface area contributed by atoms with E-state index in [4.69, 9.17) is 11.6 Å². The lowest BCUT2D eigenvalue weighted by atomic mass is 10.0. The van der Waals surface area contributed by atoms with Crippen LogP contribution in [0.5, 0.6) is 0 Å². The Morgan fingerprint density at radius 2 is 1.96 bits per heavy atom. The molecule has 25 heavy (non-hydrogen) atoms. The van der Waals surface area contributed by atoms with Crippen LogP contribution in [0, 0.1) is 5.92 Å². The van der Waals surface area contributed by atoms with Gasteiger partial charge in [0, 0.05) is 16.3 Å². The van der Waals surface area contributed by atoms with Crippen molar-refractivity contribution in [2.45, 2.75) is 32.4 Å². The number of halogens is 1. The number of nitrogens with zero attached hydrogens (tertiary/aromatic N) is 1. The third-order valence-electron chi connectivity index (χ3n) is 3.86. The Morgan fingerprint density at radius 1 is 1.32 bits per heavy atom. The lowest BCUT2D eigenvalue weighted by molar-refractivity contribution is -0.142. The third kappa shape index (κ3) is 5.12. The molecule has 2 N–H and O–H groups in total. The van der Waals surface area contributed by atoms with E-state index in [0.717, 1.165) is 0 Å². The average Bonchev–Trinajstić information content (AvgIpc) is 3.03. The number of aliphatic carboxylic acids is 1. The maximum absolute atomic E-state index is 12.6. The van der Waals surface area contributed by atoms with Crippen LogP contribution in [-0.4, -0.2) is 51.5 Å². The summed E-state index contributed by atoms with van der Waals surface area (Å²) in [5.41, 5.74) is 0.446. The van der Waals surface area contributed by atoms with E-state index in [9.17, 15) is 19.5 Å². The first kappa shape index (κ1) is 19.6.